The van der Waals surface area contributed by atoms with Gasteiger partial charge in [0.05, 0.1) is 0 Å². The Labute approximate surface area is 88.3 Å². The van der Waals surface area contributed by atoms with E-state index in [4.69, 9.17) is 17.0 Å². The van der Waals surface area contributed by atoms with E-state index in [0.29, 0.717) is 4.77 Å². The van der Waals surface area contributed by atoms with E-state index >= 15 is 0 Å². The lowest BCUT2D eigenvalue weighted by molar-refractivity contribution is 0.119. The molecule has 78 valence electrons. The fraction of sp³-hybridized carbons (Fsp3) is 0.778. The van der Waals surface area contributed by atoms with Gasteiger partial charge in [0.1, 0.15) is 6.33 Å². The summed E-state index contributed by atoms with van der Waals surface area (Å²) >= 11 is 5.02. The van der Waals surface area contributed by atoms with Gasteiger partial charge in [-0.25, -0.2) is 0 Å². The molecule has 0 aliphatic heterocycles. The summed E-state index contributed by atoms with van der Waals surface area (Å²) in [5.74, 6) is 0.853. The summed E-state index contributed by atoms with van der Waals surface area (Å²) in [5, 5.41) is 6.58. The molecule has 0 spiro atoms. The predicted molar refractivity (Wildman–Crippen MR) is 55.6 cm³/mol. The molecule has 1 fully saturated rings. The Hall–Kier alpha value is -0.680. The van der Waals surface area contributed by atoms with Crippen molar-refractivity contribution in [3.8, 4) is 0 Å². The van der Waals surface area contributed by atoms with Crippen molar-refractivity contribution in [3.05, 3.63) is 11.1 Å². The van der Waals surface area contributed by atoms with Crippen LogP contribution in [0.1, 0.15) is 19.3 Å². The molecule has 1 N–H and O–H groups in total. The molecular weight excluding hydrogens is 198 g/mol. The molecule has 1 aliphatic rings. The van der Waals surface area contributed by atoms with Crippen molar-refractivity contribution in [2.75, 3.05) is 13.2 Å². The number of H-pyrrole nitrogens is 1. The average molecular weight is 213 g/mol. The maximum absolute atomic E-state index is 5.52. The van der Waals surface area contributed by atoms with Gasteiger partial charge in [0.2, 0.25) is 0 Å². The van der Waals surface area contributed by atoms with E-state index in [9.17, 15) is 0 Å². The van der Waals surface area contributed by atoms with E-state index in [0.717, 1.165) is 32.1 Å². The number of nitrogens with zero attached hydrogens (tertiary/aromatic N) is 2. The topological polar surface area (TPSA) is 42.8 Å². The van der Waals surface area contributed by atoms with Crippen LogP contribution in [0.2, 0.25) is 0 Å². The van der Waals surface area contributed by atoms with E-state index in [2.05, 4.69) is 10.2 Å². The first-order valence-electron chi connectivity index (χ1n) is 5.04. The number of hydrogen-bond acceptors (Lipinski definition) is 3. The minimum atomic E-state index is 0.687. The van der Waals surface area contributed by atoms with Crippen molar-refractivity contribution in [1.29, 1.82) is 0 Å². The molecule has 0 radical (unpaired) electrons. The van der Waals surface area contributed by atoms with Crippen LogP contribution in [-0.4, -0.2) is 28.0 Å². The molecule has 4 nitrogen and oxygen atoms in total. The Morgan fingerprint density at radius 2 is 2.50 bits per heavy atom. The van der Waals surface area contributed by atoms with Crippen LogP contribution >= 0.6 is 12.2 Å². The van der Waals surface area contributed by atoms with Crippen LogP contribution in [0, 0.1) is 10.7 Å². The smallest absolute Gasteiger partial charge is 0.194 e. The summed E-state index contributed by atoms with van der Waals surface area (Å²) < 4.78 is 8.13. The van der Waals surface area contributed by atoms with Gasteiger partial charge in [-0.2, -0.15) is 5.10 Å². The van der Waals surface area contributed by atoms with E-state index in [1.54, 1.807) is 6.33 Å². The third-order valence-corrected chi connectivity index (χ3v) is 2.68. The van der Waals surface area contributed by atoms with Crippen LogP contribution in [0.25, 0.3) is 0 Å². The van der Waals surface area contributed by atoms with Crippen LogP contribution in [0.3, 0.4) is 0 Å². The van der Waals surface area contributed by atoms with Crippen molar-refractivity contribution >= 4 is 12.2 Å². The number of aromatic nitrogens is 3. The minimum absolute atomic E-state index is 0.687. The van der Waals surface area contributed by atoms with Gasteiger partial charge >= 0.3 is 0 Å². The van der Waals surface area contributed by atoms with Crippen molar-refractivity contribution in [2.45, 2.75) is 25.8 Å². The van der Waals surface area contributed by atoms with E-state index in [-0.39, 0.29) is 0 Å². The van der Waals surface area contributed by atoms with Gasteiger partial charge in [-0.3, -0.25) is 5.10 Å². The molecule has 1 saturated carbocycles. The summed E-state index contributed by atoms with van der Waals surface area (Å²) in [5.41, 5.74) is 0. The SMILES string of the molecule is S=c1[nH]ncn1CCCOCC1CC1. The molecule has 1 aromatic heterocycles. The Morgan fingerprint density at radius 3 is 3.14 bits per heavy atom. The van der Waals surface area contributed by atoms with Crippen LogP contribution in [0.4, 0.5) is 0 Å². The first-order chi connectivity index (χ1) is 6.86. The van der Waals surface area contributed by atoms with Crippen LogP contribution in [0.15, 0.2) is 6.33 Å². The Morgan fingerprint density at radius 1 is 1.64 bits per heavy atom. The molecule has 0 aromatic carbocycles. The fourth-order valence-electron chi connectivity index (χ4n) is 1.30. The second-order valence-corrected chi connectivity index (χ2v) is 4.11. The molecule has 1 aromatic rings. The summed E-state index contributed by atoms with van der Waals surface area (Å²) in [6.07, 6.45) is 5.43. The van der Waals surface area contributed by atoms with Crippen molar-refractivity contribution in [1.82, 2.24) is 14.8 Å². The number of aromatic amines is 1. The zero-order chi connectivity index (χ0) is 9.80. The highest BCUT2D eigenvalue weighted by atomic mass is 32.1. The molecule has 0 bridgehead atoms. The highest BCUT2D eigenvalue weighted by Gasteiger charge is 2.20. The van der Waals surface area contributed by atoms with Gasteiger partial charge in [0, 0.05) is 19.8 Å². The molecule has 1 aliphatic carbocycles. The van der Waals surface area contributed by atoms with Gasteiger partial charge in [0.25, 0.3) is 0 Å². The lowest BCUT2D eigenvalue weighted by Crippen LogP contribution is -2.03. The second-order valence-electron chi connectivity index (χ2n) is 3.73. The molecule has 0 saturated heterocycles. The second kappa shape index (κ2) is 4.70. The number of aryl methyl sites for hydroxylation is 1. The molecule has 5 heteroatoms. The summed E-state index contributed by atoms with van der Waals surface area (Å²) in [4.78, 5) is 0. The highest BCUT2D eigenvalue weighted by Crippen LogP contribution is 2.28. The first-order valence-corrected chi connectivity index (χ1v) is 5.44. The molecule has 14 heavy (non-hydrogen) atoms. The Balaban J connectivity index is 1.58. The number of ether oxygens (including phenoxy) is 1. The van der Waals surface area contributed by atoms with Crippen molar-refractivity contribution in [2.24, 2.45) is 5.92 Å². The number of hydrogen-bond donors (Lipinski definition) is 1. The molecule has 0 atom stereocenters. The summed E-state index contributed by atoms with van der Waals surface area (Å²) in [6.45, 7) is 2.65. The lowest BCUT2D eigenvalue weighted by atomic mass is 10.4. The van der Waals surface area contributed by atoms with E-state index in [1.165, 1.54) is 12.8 Å². The van der Waals surface area contributed by atoms with Gasteiger partial charge in [-0.05, 0) is 37.4 Å². The summed E-state index contributed by atoms with van der Waals surface area (Å²) in [7, 11) is 0. The predicted octanol–water partition coefficient (Wildman–Crippen LogP) is 1.76. The Bertz CT molecular complexity index is 329. The summed E-state index contributed by atoms with van der Waals surface area (Å²) in [6, 6.07) is 0. The van der Waals surface area contributed by atoms with Gasteiger partial charge < -0.3 is 9.30 Å². The maximum atomic E-state index is 5.52. The maximum Gasteiger partial charge on any atom is 0.194 e. The largest absolute Gasteiger partial charge is 0.381 e. The zero-order valence-corrected chi connectivity index (χ0v) is 8.92. The molecule has 0 unspecified atom stereocenters. The van der Waals surface area contributed by atoms with Crippen LogP contribution < -0.4 is 0 Å². The molecule has 0 amide bonds. The third-order valence-electron chi connectivity index (χ3n) is 2.36. The van der Waals surface area contributed by atoms with Gasteiger partial charge in [-0.15, -0.1) is 0 Å². The Kier molecular flexibility index (Phi) is 3.31. The minimum Gasteiger partial charge on any atom is -0.381 e. The average Bonchev–Trinajstić information content (AvgIpc) is 2.91. The molecule has 1 heterocycles. The van der Waals surface area contributed by atoms with Crippen molar-refractivity contribution < 1.29 is 4.74 Å². The lowest BCUT2D eigenvalue weighted by Gasteiger charge is -2.03. The van der Waals surface area contributed by atoms with Gasteiger partial charge in [-0.1, -0.05) is 0 Å². The standard InChI is InChI=1S/C9H15N3OS/c14-9-11-10-7-12(9)4-1-5-13-6-8-2-3-8/h7-8H,1-6H2,(H,11,14). The number of nitrogens with one attached hydrogen (secondary N) is 1. The first kappa shape index (κ1) is 9.86. The molecule has 2 rings (SSSR count). The fourth-order valence-corrected chi connectivity index (χ4v) is 1.49. The van der Waals surface area contributed by atoms with Crippen LogP contribution in [-0.2, 0) is 11.3 Å². The molecular formula is C9H15N3OS. The monoisotopic (exact) mass is 213 g/mol. The normalized spacial score (nSPS) is 16.0. The third kappa shape index (κ3) is 2.92. The van der Waals surface area contributed by atoms with E-state index < -0.39 is 0 Å². The zero-order valence-electron chi connectivity index (χ0n) is 8.11. The number of rotatable bonds is 6. The quantitative estimate of drug-likeness (QED) is 0.578. The van der Waals surface area contributed by atoms with E-state index in [1.807, 2.05) is 4.57 Å². The van der Waals surface area contributed by atoms with Crippen molar-refractivity contribution in [3.63, 3.8) is 0 Å². The van der Waals surface area contributed by atoms with Crippen LogP contribution in [0.5, 0.6) is 0 Å². The highest BCUT2D eigenvalue weighted by molar-refractivity contribution is 7.71. The van der Waals surface area contributed by atoms with Gasteiger partial charge in [0.15, 0.2) is 4.77 Å².